The molecule has 0 radical (unpaired) electrons. The molecule has 0 heterocycles. The van der Waals surface area contributed by atoms with Crippen molar-refractivity contribution in [2.45, 2.75) is 27.2 Å². The van der Waals surface area contributed by atoms with Gasteiger partial charge in [0.25, 0.3) is 0 Å². The topological polar surface area (TPSA) is 46.6 Å². The van der Waals surface area contributed by atoms with E-state index in [4.69, 9.17) is 0 Å². The van der Waals surface area contributed by atoms with Crippen molar-refractivity contribution >= 4 is 17.6 Å². The van der Waals surface area contributed by atoms with Gasteiger partial charge in [-0.3, -0.25) is 9.59 Å². The van der Waals surface area contributed by atoms with Gasteiger partial charge in [0.1, 0.15) is 0 Å². The normalized spacial score (nSPS) is 10.0. The number of esters is 1. The van der Waals surface area contributed by atoms with Crippen molar-refractivity contribution in [3.8, 4) is 0 Å². The lowest BCUT2D eigenvalue weighted by Crippen LogP contribution is -2.32. The number of benzene rings is 1. The van der Waals surface area contributed by atoms with E-state index in [9.17, 15) is 9.59 Å². The van der Waals surface area contributed by atoms with Crippen LogP contribution in [0.1, 0.15) is 24.5 Å². The molecule has 4 heteroatoms. The van der Waals surface area contributed by atoms with Crippen LogP contribution in [0.5, 0.6) is 0 Å². The number of hydrogen-bond donors (Lipinski definition) is 0. The Bertz CT molecular complexity index is 434. The van der Waals surface area contributed by atoms with Gasteiger partial charge in [-0.1, -0.05) is 18.2 Å². The van der Waals surface area contributed by atoms with Crippen LogP contribution in [0.2, 0.25) is 0 Å². The summed E-state index contributed by atoms with van der Waals surface area (Å²) in [6.45, 7) is 5.75. The van der Waals surface area contributed by atoms with Crippen LogP contribution in [0.15, 0.2) is 18.2 Å². The van der Waals surface area contributed by atoms with Gasteiger partial charge in [-0.15, -0.1) is 0 Å². The van der Waals surface area contributed by atoms with Crippen molar-refractivity contribution in [2.75, 3.05) is 18.6 Å². The fourth-order valence-electron chi connectivity index (χ4n) is 1.96. The molecule has 0 saturated heterocycles. The lowest BCUT2D eigenvalue weighted by Gasteiger charge is -2.24. The van der Waals surface area contributed by atoms with Crippen LogP contribution < -0.4 is 4.90 Å². The Labute approximate surface area is 108 Å². The zero-order valence-electron chi connectivity index (χ0n) is 11.3. The molecule has 0 aliphatic heterocycles. The van der Waals surface area contributed by atoms with E-state index in [2.05, 4.69) is 4.74 Å². The number of anilines is 1. The van der Waals surface area contributed by atoms with Gasteiger partial charge in [-0.25, -0.2) is 0 Å². The highest BCUT2D eigenvalue weighted by Crippen LogP contribution is 2.24. The Balaban J connectivity index is 2.98. The first-order valence-electron chi connectivity index (χ1n) is 5.88. The average molecular weight is 249 g/mol. The van der Waals surface area contributed by atoms with E-state index in [0.717, 1.165) is 16.8 Å². The minimum atomic E-state index is -0.313. The summed E-state index contributed by atoms with van der Waals surface area (Å²) >= 11 is 0. The first-order valence-corrected chi connectivity index (χ1v) is 5.88. The molecular weight excluding hydrogens is 230 g/mol. The van der Waals surface area contributed by atoms with Gasteiger partial charge in [0.2, 0.25) is 5.91 Å². The maximum absolute atomic E-state index is 11.7. The molecule has 0 aliphatic rings. The zero-order chi connectivity index (χ0) is 13.7. The van der Waals surface area contributed by atoms with E-state index < -0.39 is 0 Å². The number of rotatable bonds is 4. The average Bonchev–Trinajstić information content (AvgIpc) is 2.31. The number of aryl methyl sites for hydroxylation is 2. The third-order valence-electron chi connectivity index (χ3n) is 2.86. The van der Waals surface area contributed by atoms with Crippen LogP contribution in [0, 0.1) is 13.8 Å². The summed E-state index contributed by atoms with van der Waals surface area (Å²) in [5, 5.41) is 0. The van der Waals surface area contributed by atoms with Gasteiger partial charge in [-0.05, 0) is 25.0 Å². The van der Waals surface area contributed by atoms with Gasteiger partial charge in [-0.2, -0.15) is 0 Å². The highest BCUT2D eigenvalue weighted by atomic mass is 16.5. The molecule has 18 heavy (non-hydrogen) atoms. The van der Waals surface area contributed by atoms with Gasteiger partial charge in [0.15, 0.2) is 0 Å². The molecule has 0 atom stereocenters. The van der Waals surface area contributed by atoms with Crippen LogP contribution >= 0.6 is 0 Å². The fraction of sp³-hybridized carbons (Fsp3) is 0.429. The number of carbonyl (C=O) groups excluding carboxylic acids is 2. The van der Waals surface area contributed by atoms with Crippen molar-refractivity contribution in [3.05, 3.63) is 29.3 Å². The molecule has 0 N–H and O–H groups in total. The number of methoxy groups -OCH3 is 1. The molecule has 1 amide bonds. The first-order chi connectivity index (χ1) is 8.47. The second-order valence-electron chi connectivity index (χ2n) is 4.24. The molecule has 0 aromatic heterocycles. The van der Waals surface area contributed by atoms with Gasteiger partial charge in [0, 0.05) is 19.2 Å². The number of ether oxygens (including phenoxy) is 1. The molecule has 0 unspecified atom stereocenters. The Morgan fingerprint density at radius 3 is 2.22 bits per heavy atom. The van der Waals surface area contributed by atoms with E-state index in [-0.39, 0.29) is 18.3 Å². The van der Waals surface area contributed by atoms with Gasteiger partial charge in [0.05, 0.1) is 13.5 Å². The van der Waals surface area contributed by atoms with Crippen molar-refractivity contribution < 1.29 is 14.3 Å². The van der Waals surface area contributed by atoms with Crippen LogP contribution in [-0.4, -0.2) is 25.5 Å². The number of nitrogens with zero attached hydrogens (tertiary/aromatic N) is 1. The second-order valence-corrected chi connectivity index (χ2v) is 4.24. The van der Waals surface area contributed by atoms with E-state index in [1.54, 1.807) is 4.90 Å². The first kappa shape index (κ1) is 14.2. The zero-order valence-corrected chi connectivity index (χ0v) is 11.3. The summed E-state index contributed by atoms with van der Waals surface area (Å²) < 4.78 is 4.60. The minimum Gasteiger partial charge on any atom is -0.469 e. The summed E-state index contributed by atoms with van der Waals surface area (Å²) in [6.07, 6.45) is 0.198. The molecule has 0 aliphatic carbocycles. The maximum Gasteiger partial charge on any atom is 0.307 e. The van der Waals surface area contributed by atoms with Crippen molar-refractivity contribution in [1.29, 1.82) is 0 Å². The molecule has 1 aromatic carbocycles. The molecule has 1 aromatic rings. The van der Waals surface area contributed by atoms with Crippen molar-refractivity contribution in [2.24, 2.45) is 0 Å². The lowest BCUT2D eigenvalue weighted by molar-refractivity contribution is -0.140. The van der Waals surface area contributed by atoms with Gasteiger partial charge < -0.3 is 9.64 Å². The van der Waals surface area contributed by atoms with E-state index in [1.807, 2.05) is 32.0 Å². The molecule has 98 valence electrons. The molecule has 0 spiro atoms. The minimum absolute atomic E-state index is 0.0729. The SMILES string of the molecule is COC(=O)CCN(C(C)=O)c1c(C)cccc1C. The van der Waals surface area contributed by atoms with Gasteiger partial charge >= 0.3 is 5.97 Å². The standard InChI is InChI=1S/C14H19NO3/c1-10-6-5-7-11(2)14(10)15(12(3)16)9-8-13(17)18-4/h5-7H,8-9H2,1-4H3. The number of amides is 1. The highest BCUT2D eigenvalue weighted by molar-refractivity contribution is 5.93. The molecule has 4 nitrogen and oxygen atoms in total. The summed E-state index contributed by atoms with van der Waals surface area (Å²) in [6, 6.07) is 5.86. The summed E-state index contributed by atoms with van der Waals surface area (Å²) in [5.41, 5.74) is 2.93. The van der Waals surface area contributed by atoms with E-state index in [0.29, 0.717) is 6.54 Å². The Morgan fingerprint density at radius 1 is 1.22 bits per heavy atom. The Kier molecular flexibility index (Phi) is 4.89. The van der Waals surface area contributed by atoms with E-state index >= 15 is 0 Å². The molecule has 0 saturated carbocycles. The lowest BCUT2D eigenvalue weighted by atomic mass is 10.1. The van der Waals surface area contributed by atoms with Crippen molar-refractivity contribution in [3.63, 3.8) is 0 Å². The second kappa shape index (κ2) is 6.19. The fourth-order valence-corrected chi connectivity index (χ4v) is 1.96. The van der Waals surface area contributed by atoms with Crippen LogP contribution in [-0.2, 0) is 14.3 Å². The Hall–Kier alpha value is -1.84. The molecule has 1 rings (SSSR count). The quantitative estimate of drug-likeness (QED) is 0.769. The predicted octanol–water partition coefficient (Wildman–Crippen LogP) is 2.22. The molecule has 0 fully saturated rings. The Morgan fingerprint density at radius 2 is 1.78 bits per heavy atom. The van der Waals surface area contributed by atoms with E-state index in [1.165, 1.54) is 14.0 Å². The van der Waals surface area contributed by atoms with Crippen LogP contribution in [0.4, 0.5) is 5.69 Å². The monoisotopic (exact) mass is 249 g/mol. The summed E-state index contributed by atoms with van der Waals surface area (Å²) in [7, 11) is 1.35. The predicted molar refractivity (Wildman–Crippen MR) is 70.6 cm³/mol. The molecule has 0 bridgehead atoms. The largest absolute Gasteiger partial charge is 0.469 e. The maximum atomic E-state index is 11.7. The third-order valence-corrected chi connectivity index (χ3v) is 2.86. The third kappa shape index (κ3) is 3.32. The number of para-hydroxylation sites is 1. The molecular formula is C14H19NO3. The van der Waals surface area contributed by atoms with Crippen LogP contribution in [0.3, 0.4) is 0 Å². The van der Waals surface area contributed by atoms with Crippen LogP contribution in [0.25, 0.3) is 0 Å². The van der Waals surface area contributed by atoms with Crippen molar-refractivity contribution in [1.82, 2.24) is 0 Å². The highest BCUT2D eigenvalue weighted by Gasteiger charge is 2.17. The summed E-state index contributed by atoms with van der Waals surface area (Å²) in [4.78, 5) is 24.5. The number of carbonyl (C=O) groups is 2. The summed E-state index contributed by atoms with van der Waals surface area (Å²) in [5.74, 6) is -0.385. The number of hydrogen-bond acceptors (Lipinski definition) is 3. The smallest absolute Gasteiger partial charge is 0.307 e.